The van der Waals surface area contributed by atoms with Crippen molar-refractivity contribution < 1.29 is 23.9 Å². The summed E-state index contributed by atoms with van der Waals surface area (Å²) in [5, 5.41) is 5.84. The molecule has 3 aromatic rings. The fourth-order valence-electron chi connectivity index (χ4n) is 4.36. The molecule has 5 rings (SSSR count). The quantitative estimate of drug-likeness (QED) is 0.501. The average Bonchev–Trinajstić information content (AvgIpc) is 3.28. The number of fused-ring (bicyclic) bond motifs is 3. The van der Waals surface area contributed by atoms with Gasteiger partial charge in [-0.15, -0.1) is 0 Å². The molecule has 2 amide bonds. The van der Waals surface area contributed by atoms with Gasteiger partial charge in [-0.3, -0.25) is 19.4 Å². The third-order valence-electron chi connectivity index (χ3n) is 6.02. The van der Waals surface area contributed by atoms with Gasteiger partial charge in [0.25, 0.3) is 5.91 Å². The second-order valence-electron chi connectivity index (χ2n) is 8.66. The number of ether oxygens (including phenoxy) is 2. The average molecular weight is 488 g/mol. The van der Waals surface area contributed by atoms with Crippen molar-refractivity contribution in [2.24, 2.45) is 0 Å². The number of benzene rings is 1. The Kier molecular flexibility index (Phi) is 6.24. The van der Waals surface area contributed by atoms with E-state index in [4.69, 9.17) is 9.47 Å². The number of amides is 2. The number of rotatable bonds is 6. The van der Waals surface area contributed by atoms with Gasteiger partial charge in [-0.05, 0) is 37.6 Å². The Morgan fingerprint density at radius 2 is 1.97 bits per heavy atom. The minimum absolute atomic E-state index is 0.138. The zero-order chi connectivity index (χ0) is 25.2. The van der Waals surface area contributed by atoms with Gasteiger partial charge in [0.1, 0.15) is 17.7 Å². The molecule has 10 heteroatoms. The van der Waals surface area contributed by atoms with E-state index in [-0.39, 0.29) is 18.6 Å². The van der Waals surface area contributed by atoms with Crippen LogP contribution in [0.3, 0.4) is 0 Å². The van der Waals surface area contributed by atoms with E-state index < -0.39 is 11.9 Å². The number of hydrogen-bond donors (Lipinski definition) is 2. The molecule has 1 atom stereocenters. The van der Waals surface area contributed by atoms with Crippen LogP contribution in [0.2, 0.25) is 0 Å². The van der Waals surface area contributed by atoms with Crippen LogP contribution in [0.1, 0.15) is 38.4 Å². The Bertz CT molecular complexity index is 1360. The summed E-state index contributed by atoms with van der Waals surface area (Å²) in [5.41, 5.74) is 4.80. The Morgan fingerprint density at radius 3 is 2.75 bits per heavy atom. The highest BCUT2D eigenvalue weighted by Crippen LogP contribution is 2.44. The van der Waals surface area contributed by atoms with Crippen LogP contribution in [-0.2, 0) is 19.1 Å². The molecule has 0 spiro atoms. The first-order valence-electron chi connectivity index (χ1n) is 11.6. The van der Waals surface area contributed by atoms with E-state index in [2.05, 4.69) is 20.6 Å². The van der Waals surface area contributed by atoms with Gasteiger partial charge < -0.3 is 25.0 Å². The van der Waals surface area contributed by atoms with Crippen LogP contribution in [0, 0.1) is 0 Å². The molecule has 2 N–H and O–H groups in total. The summed E-state index contributed by atoms with van der Waals surface area (Å²) in [6, 6.07) is 9.48. The van der Waals surface area contributed by atoms with Crippen molar-refractivity contribution in [3.8, 4) is 16.9 Å². The van der Waals surface area contributed by atoms with Crippen LogP contribution in [0.4, 0.5) is 22.9 Å². The number of aromatic nitrogens is 2. The second-order valence-corrected chi connectivity index (χ2v) is 8.66. The van der Waals surface area contributed by atoms with E-state index in [1.807, 2.05) is 31.2 Å². The first kappa shape index (κ1) is 23.3. The fraction of sp³-hybridized carbons (Fsp3) is 0.269. The van der Waals surface area contributed by atoms with Gasteiger partial charge in [-0.1, -0.05) is 0 Å². The van der Waals surface area contributed by atoms with Gasteiger partial charge in [0.15, 0.2) is 6.61 Å². The Balaban J connectivity index is 1.34. The van der Waals surface area contributed by atoms with Crippen LogP contribution in [0.5, 0.6) is 5.75 Å². The first-order valence-corrected chi connectivity index (χ1v) is 11.6. The molecule has 10 nitrogen and oxygen atoms in total. The van der Waals surface area contributed by atoms with Crippen LogP contribution >= 0.6 is 0 Å². The zero-order valence-corrected chi connectivity index (χ0v) is 19.9. The number of hydrogen-bond acceptors (Lipinski definition) is 8. The molecule has 1 unspecified atom stereocenters. The van der Waals surface area contributed by atoms with E-state index in [1.54, 1.807) is 23.4 Å². The number of esters is 1. The molecule has 1 aromatic carbocycles. The minimum Gasteiger partial charge on any atom is -0.485 e. The third kappa shape index (κ3) is 4.83. The molecular formula is C26H25N5O5. The van der Waals surface area contributed by atoms with Gasteiger partial charge in [0, 0.05) is 54.5 Å². The predicted octanol–water partition coefficient (Wildman–Crippen LogP) is 3.97. The second kappa shape index (κ2) is 9.65. The predicted molar refractivity (Wildman–Crippen MR) is 133 cm³/mol. The molecule has 0 aliphatic carbocycles. The molecule has 0 radical (unpaired) electrons. The lowest BCUT2D eigenvalue weighted by atomic mass is 9.94. The van der Waals surface area contributed by atoms with E-state index >= 15 is 0 Å². The van der Waals surface area contributed by atoms with E-state index in [9.17, 15) is 14.4 Å². The summed E-state index contributed by atoms with van der Waals surface area (Å²) < 4.78 is 10.9. The van der Waals surface area contributed by atoms with E-state index in [0.717, 1.165) is 41.1 Å². The van der Waals surface area contributed by atoms with Gasteiger partial charge >= 0.3 is 5.97 Å². The molecule has 184 valence electrons. The fourth-order valence-corrected chi connectivity index (χ4v) is 4.36. The monoisotopic (exact) mass is 487 g/mol. The lowest BCUT2D eigenvalue weighted by Crippen LogP contribution is -2.24. The highest BCUT2D eigenvalue weighted by molar-refractivity contribution is 5.96. The SMILES string of the molecule is CC(=O)OCC(=O)Nc1cncc(Nc2cc3c(cn2)-c2ccc(N4CCCC4=O)cc2OC3C)c1. The van der Waals surface area contributed by atoms with Crippen molar-refractivity contribution in [3.05, 3.63) is 54.5 Å². The molecule has 1 fully saturated rings. The van der Waals surface area contributed by atoms with Crippen LogP contribution in [0.25, 0.3) is 11.1 Å². The summed E-state index contributed by atoms with van der Waals surface area (Å²) >= 11 is 0. The van der Waals surface area contributed by atoms with Crippen molar-refractivity contribution in [3.63, 3.8) is 0 Å². The van der Waals surface area contributed by atoms with Crippen LogP contribution < -0.4 is 20.3 Å². The van der Waals surface area contributed by atoms with Crippen LogP contribution in [-0.4, -0.2) is 40.9 Å². The summed E-state index contributed by atoms with van der Waals surface area (Å²) in [6.07, 6.45) is 6.14. The van der Waals surface area contributed by atoms with Gasteiger partial charge in [0.2, 0.25) is 5.91 Å². The molecule has 0 saturated carbocycles. The third-order valence-corrected chi connectivity index (χ3v) is 6.02. The maximum atomic E-state index is 12.1. The van der Waals surface area contributed by atoms with Crippen LogP contribution in [0.15, 0.2) is 48.9 Å². The van der Waals surface area contributed by atoms with Gasteiger partial charge in [-0.2, -0.15) is 0 Å². The van der Waals surface area contributed by atoms with Gasteiger partial charge in [-0.25, -0.2) is 4.98 Å². The minimum atomic E-state index is -0.528. The van der Waals surface area contributed by atoms with Crippen molar-refractivity contribution in [2.75, 3.05) is 28.7 Å². The molecular weight excluding hydrogens is 462 g/mol. The van der Waals surface area contributed by atoms with Crippen molar-refractivity contribution in [1.82, 2.24) is 9.97 Å². The standard InChI is InChI=1S/C26H25N5O5/c1-15-21-10-24(29-17-8-18(12-27-11-17)30-25(33)14-35-16(2)32)28-13-22(21)20-6-5-19(9-23(20)36-15)31-7-3-4-26(31)34/h5-6,8-13,15H,3-4,7,14H2,1-2H3,(H,28,29)(H,30,33). The van der Waals surface area contributed by atoms with Crippen molar-refractivity contribution >= 4 is 40.7 Å². The van der Waals surface area contributed by atoms with E-state index in [1.165, 1.54) is 13.1 Å². The van der Waals surface area contributed by atoms with Crippen molar-refractivity contribution in [2.45, 2.75) is 32.8 Å². The Labute approximate surface area is 207 Å². The number of anilines is 4. The largest absolute Gasteiger partial charge is 0.485 e. The molecule has 2 aliphatic rings. The van der Waals surface area contributed by atoms with E-state index in [0.29, 0.717) is 23.6 Å². The molecule has 0 bridgehead atoms. The Hall–Kier alpha value is -4.47. The zero-order valence-electron chi connectivity index (χ0n) is 19.9. The molecule has 4 heterocycles. The number of pyridine rings is 2. The number of nitrogens with one attached hydrogen (secondary N) is 2. The van der Waals surface area contributed by atoms with Crippen molar-refractivity contribution in [1.29, 1.82) is 0 Å². The first-order chi connectivity index (χ1) is 17.4. The molecule has 2 aromatic heterocycles. The lowest BCUT2D eigenvalue weighted by molar-refractivity contribution is -0.144. The normalized spacial score (nSPS) is 16.0. The lowest BCUT2D eigenvalue weighted by Gasteiger charge is -2.28. The number of nitrogens with zero attached hydrogens (tertiary/aromatic N) is 3. The smallest absolute Gasteiger partial charge is 0.303 e. The maximum Gasteiger partial charge on any atom is 0.303 e. The maximum absolute atomic E-state index is 12.1. The highest BCUT2D eigenvalue weighted by atomic mass is 16.5. The molecule has 2 aliphatic heterocycles. The number of carbonyl (C=O) groups is 3. The molecule has 1 saturated heterocycles. The summed E-state index contributed by atoms with van der Waals surface area (Å²) in [5.74, 6) is 0.477. The topological polar surface area (TPSA) is 123 Å². The summed E-state index contributed by atoms with van der Waals surface area (Å²) in [6.45, 7) is 3.57. The number of carbonyl (C=O) groups excluding carboxylic acids is 3. The highest BCUT2D eigenvalue weighted by Gasteiger charge is 2.27. The Morgan fingerprint density at radius 1 is 1.14 bits per heavy atom. The summed E-state index contributed by atoms with van der Waals surface area (Å²) in [4.78, 5) is 45.4. The molecule has 36 heavy (non-hydrogen) atoms. The summed E-state index contributed by atoms with van der Waals surface area (Å²) in [7, 11) is 0. The van der Waals surface area contributed by atoms with Gasteiger partial charge in [0.05, 0.1) is 23.8 Å².